The van der Waals surface area contributed by atoms with Crippen molar-refractivity contribution in [3.63, 3.8) is 0 Å². The maximum Gasteiger partial charge on any atom is 0.276 e. The lowest BCUT2D eigenvalue weighted by molar-refractivity contribution is 0.0562. The molecular weight excluding hydrogens is 332 g/mol. The van der Waals surface area contributed by atoms with Gasteiger partial charge in [-0.15, -0.1) is 0 Å². The van der Waals surface area contributed by atoms with E-state index >= 15 is 0 Å². The van der Waals surface area contributed by atoms with Crippen LogP contribution in [0.2, 0.25) is 0 Å². The molecule has 1 fully saturated rings. The van der Waals surface area contributed by atoms with Gasteiger partial charge in [0.2, 0.25) is 0 Å². The largest absolute Gasteiger partial charge is 0.479 e. The number of benzene rings is 1. The monoisotopic (exact) mass is 351 g/mol. The zero-order valence-electron chi connectivity index (χ0n) is 14.0. The van der Waals surface area contributed by atoms with Crippen molar-refractivity contribution in [3.8, 4) is 5.75 Å². The van der Waals surface area contributed by atoms with E-state index in [0.717, 1.165) is 18.7 Å². The van der Waals surface area contributed by atoms with Gasteiger partial charge < -0.3 is 19.1 Å². The number of likely N-dealkylation sites (N-methyl/N-ethyl adjacent to an activating group) is 1. The molecule has 0 aliphatic carbocycles. The average Bonchev–Trinajstić information content (AvgIpc) is 3.05. The molecule has 0 radical (unpaired) electrons. The summed E-state index contributed by atoms with van der Waals surface area (Å²) in [5.74, 6) is -2.11. The van der Waals surface area contributed by atoms with Gasteiger partial charge in [-0.25, -0.2) is 8.78 Å². The number of carbonyl (C=O) groups is 1. The van der Waals surface area contributed by atoms with E-state index in [1.807, 2.05) is 14.0 Å². The summed E-state index contributed by atoms with van der Waals surface area (Å²) in [4.78, 5) is 16.4. The summed E-state index contributed by atoms with van der Waals surface area (Å²) in [5.41, 5.74) is 0.157. The van der Waals surface area contributed by atoms with Crippen LogP contribution in [0, 0.1) is 11.6 Å². The van der Waals surface area contributed by atoms with E-state index in [0.29, 0.717) is 13.1 Å². The van der Waals surface area contributed by atoms with Crippen LogP contribution >= 0.6 is 0 Å². The second-order valence-corrected chi connectivity index (χ2v) is 6.10. The molecular formula is C17H19F2N3O3. The molecule has 2 aromatic rings. The Hall–Kier alpha value is -2.48. The van der Waals surface area contributed by atoms with Crippen LogP contribution in [0.3, 0.4) is 0 Å². The van der Waals surface area contributed by atoms with Crippen LogP contribution < -0.4 is 4.74 Å². The van der Waals surface area contributed by atoms with E-state index in [9.17, 15) is 13.6 Å². The molecule has 25 heavy (non-hydrogen) atoms. The summed E-state index contributed by atoms with van der Waals surface area (Å²) in [6.07, 6.45) is 0. The van der Waals surface area contributed by atoms with Crippen LogP contribution in [0.5, 0.6) is 5.75 Å². The summed E-state index contributed by atoms with van der Waals surface area (Å²) in [6, 6.07) is 5.14. The number of carbonyl (C=O) groups excluding carboxylic acids is 1. The molecule has 6 nitrogen and oxygen atoms in total. The Balaban J connectivity index is 1.63. The molecule has 1 amide bonds. The van der Waals surface area contributed by atoms with Crippen molar-refractivity contribution in [3.05, 3.63) is 47.4 Å². The topological polar surface area (TPSA) is 58.8 Å². The second kappa shape index (κ2) is 7.18. The molecule has 3 rings (SSSR count). The minimum atomic E-state index is -0.803. The van der Waals surface area contributed by atoms with Crippen LogP contribution in [0.15, 0.2) is 28.8 Å². The normalized spacial score (nSPS) is 18.4. The fourth-order valence-corrected chi connectivity index (χ4v) is 2.64. The fraction of sp³-hybridized carbons (Fsp3) is 0.412. The summed E-state index contributed by atoms with van der Waals surface area (Å²) in [7, 11) is 2.01. The minimum Gasteiger partial charge on any atom is -0.479 e. The quantitative estimate of drug-likeness (QED) is 0.846. The lowest BCUT2D eigenvalue weighted by Gasteiger charge is -2.37. The highest BCUT2D eigenvalue weighted by atomic mass is 19.1. The Morgan fingerprint density at radius 1 is 1.36 bits per heavy atom. The van der Waals surface area contributed by atoms with Crippen LogP contribution in [-0.4, -0.2) is 53.6 Å². The van der Waals surface area contributed by atoms with Crippen molar-refractivity contribution >= 4 is 5.91 Å². The Bertz CT molecular complexity index is 745. The molecule has 1 atom stereocenters. The third-order valence-electron chi connectivity index (χ3n) is 4.30. The van der Waals surface area contributed by atoms with E-state index in [1.165, 1.54) is 12.1 Å². The summed E-state index contributed by atoms with van der Waals surface area (Å²) < 4.78 is 37.2. The van der Waals surface area contributed by atoms with Gasteiger partial charge in [-0.1, -0.05) is 11.2 Å². The number of rotatable bonds is 4. The Morgan fingerprint density at radius 2 is 2.08 bits per heavy atom. The van der Waals surface area contributed by atoms with Crippen LogP contribution in [0.25, 0.3) is 0 Å². The Labute approximate surface area is 143 Å². The van der Waals surface area contributed by atoms with Gasteiger partial charge in [0.15, 0.2) is 28.8 Å². The van der Waals surface area contributed by atoms with Crippen LogP contribution in [0.4, 0.5) is 8.78 Å². The number of ether oxygens (including phenoxy) is 1. The van der Waals surface area contributed by atoms with Gasteiger partial charge in [0.05, 0.1) is 0 Å². The second-order valence-electron chi connectivity index (χ2n) is 6.10. The number of piperazine rings is 1. The van der Waals surface area contributed by atoms with Gasteiger partial charge in [0.1, 0.15) is 6.61 Å². The number of hydrogen-bond acceptors (Lipinski definition) is 5. The van der Waals surface area contributed by atoms with Gasteiger partial charge in [-0.3, -0.25) is 4.79 Å². The highest BCUT2D eigenvalue weighted by Gasteiger charge is 2.27. The third kappa shape index (κ3) is 3.79. The fourth-order valence-electron chi connectivity index (χ4n) is 2.64. The van der Waals surface area contributed by atoms with Gasteiger partial charge in [0, 0.05) is 31.7 Å². The maximum atomic E-state index is 13.5. The summed E-state index contributed by atoms with van der Waals surface area (Å²) in [5, 5.41) is 3.75. The highest BCUT2D eigenvalue weighted by Crippen LogP contribution is 2.22. The van der Waals surface area contributed by atoms with Crippen LogP contribution in [0.1, 0.15) is 23.2 Å². The molecule has 1 aliphatic heterocycles. The van der Waals surface area contributed by atoms with Crippen molar-refractivity contribution in [2.45, 2.75) is 19.6 Å². The SMILES string of the molecule is C[C@H]1CN(C(=O)c2cc(COc3c(F)cccc3F)on2)CCN1C. The first-order valence-electron chi connectivity index (χ1n) is 7.97. The molecule has 0 saturated carbocycles. The lowest BCUT2D eigenvalue weighted by Crippen LogP contribution is -2.52. The summed E-state index contributed by atoms with van der Waals surface area (Å²) in [6.45, 7) is 3.82. The smallest absolute Gasteiger partial charge is 0.276 e. The number of nitrogens with zero attached hydrogens (tertiary/aromatic N) is 3. The predicted molar refractivity (Wildman–Crippen MR) is 85.2 cm³/mol. The standard InChI is InChI=1S/C17H19F2N3O3/c1-11-9-22(7-6-21(11)2)17(23)15-8-12(25-20-15)10-24-16-13(18)4-3-5-14(16)19/h3-5,8,11H,6-7,9-10H2,1-2H3/t11-/m0/s1. The Kier molecular flexibility index (Phi) is 4.98. The molecule has 0 N–H and O–H groups in total. The number of aromatic nitrogens is 1. The van der Waals surface area contributed by atoms with E-state index in [2.05, 4.69) is 10.1 Å². The van der Waals surface area contributed by atoms with Gasteiger partial charge in [0.25, 0.3) is 5.91 Å². The first-order chi connectivity index (χ1) is 12.0. The van der Waals surface area contributed by atoms with E-state index in [1.54, 1.807) is 4.90 Å². The molecule has 1 aliphatic rings. The van der Waals surface area contributed by atoms with E-state index in [-0.39, 0.29) is 30.0 Å². The zero-order valence-corrected chi connectivity index (χ0v) is 14.0. The first-order valence-corrected chi connectivity index (χ1v) is 7.97. The Morgan fingerprint density at radius 3 is 2.76 bits per heavy atom. The lowest BCUT2D eigenvalue weighted by atomic mass is 10.2. The van der Waals surface area contributed by atoms with Crippen molar-refractivity contribution in [1.82, 2.24) is 15.0 Å². The van der Waals surface area contributed by atoms with Gasteiger partial charge in [-0.2, -0.15) is 0 Å². The highest BCUT2D eigenvalue weighted by molar-refractivity contribution is 5.92. The minimum absolute atomic E-state index is 0.157. The average molecular weight is 351 g/mol. The van der Waals surface area contributed by atoms with Crippen molar-refractivity contribution < 1.29 is 22.8 Å². The molecule has 0 unspecified atom stereocenters. The van der Waals surface area contributed by atoms with Crippen molar-refractivity contribution in [1.29, 1.82) is 0 Å². The summed E-state index contributed by atoms with van der Waals surface area (Å²) >= 11 is 0. The molecule has 0 spiro atoms. The van der Waals surface area contributed by atoms with Gasteiger partial charge >= 0.3 is 0 Å². The molecule has 1 aromatic heterocycles. The zero-order chi connectivity index (χ0) is 18.0. The van der Waals surface area contributed by atoms with Crippen molar-refractivity contribution in [2.24, 2.45) is 0 Å². The number of para-hydroxylation sites is 1. The maximum absolute atomic E-state index is 13.5. The number of hydrogen-bond donors (Lipinski definition) is 0. The first kappa shape index (κ1) is 17.3. The predicted octanol–water partition coefficient (Wildman–Crippen LogP) is 2.31. The number of halogens is 2. The molecule has 1 aromatic carbocycles. The number of amides is 1. The van der Waals surface area contributed by atoms with Gasteiger partial charge in [-0.05, 0) is 26.1 Å². The molecule has 0 bridgehead atoms. The molecule has 8 heteroatoms. The molecule has 134 valence electrons. The third-order valence-corrected chi connectivity index (χ3v) is 4.30. The molecule has 2 heterocycles. The van der Waals surface area contributed by atoms with E-state index < -0.39 is 17.4 Å². The van der Waals surface area contributed by atoms with Crippen LogP contribution in [-0.2, 0) is 6.61 Å². The van der Waals surface area contributed by atoms with E-state index in [4.69, 9.17) is 9.26 Å². The molecule has 1 saturated heterocycles. The van der Waals surface area contributed by atoms with Crippen molar-refractivity contribution in [2.75, 3.05) is 26.7 Å².